The fourth-order valence-corrected chi connectivity index (χ4v) is 5.93. The number of carbonyl (C=O) groups excluding carboxylic acids is 4. The molecule has 0 aromatic heterocycles. The molecule has 0 radical (unpaired) electrons. The van der Waals surface area contributed by atoms with E-state index in [9.17, 15) is 23.6 Å². The number of hydrogen-bond donors (Lipinski definition) is 0. The summed E-state index contributed by atoms with van der Waals surface area (Å²) < 4.78 is 25.1. The number of amides is 4. The van der Waals surface area contributed by atoms with Gasteiger partial charge in [0, 0.05) is 29.4 Å². The predicted molar refractivity (Wildman–Crippen MR) is 206 cm³/mol. The van der Waals surface area contributed by atoms with E-state index in [4.69, 9.17) is 9.47 Å². The van der Waals surface area contributed by atoms with E-state index in [1.807, 2.05) is 54.6 Å². The summed E-state index contributed by atoms with van der Waals surface area (Å²) in [6.07, 6.45) is 2.20. The molecule has 4 amide bonds. The first-order valence-electron chi connectivity index (χ1n) is 16.2. The van der Waals surface area contributed by atoms with Crippen molar-refractivity contribution in [2.75, 3.05) is 0 Å². The summed E-state index contributed by atoms with van der Waals surface area (Å²) in [7, 11) is 0. The molecule has 0 N–H and O–H groups in total. The second kappa shape index (κ2) is 18.2. The molecule has 2 fully saturated rings. The van der Waals surface area contributed by atoms with Gasteiger partial charge < -0.3 is 9.47 Å². The molecular weight excluding hydrogens is 743 g/mol. The lowest BCUT2D eigenvalue weighted by molar-refractivity contribution is -0.129. The number of ether oxygens (including phenoxy) is 2. The predicted octanol–water partition coefficient (Wildman–Crippen LogP) is 9.10. The van der Waals surface area contributed by atoms with Crippen LogP contribution in [0.25, 0.3) is 11.1 Å². The molecule has 0 unspecified atom stereocenters. The maximum absolute atomic E-state index is 13.4. The fourth-order valence-electron chi connectivity index (χ4n) is 5.66. The Hall–Kier alpha value is -3.35. The van der Waals surface area contributed by atoms with Crippen molar-refractivity contribution in [3.63, 3.8) is 0 Å². The molecule has 2 saturated heterocycles. The Morgan fingerprint density at radius 2 is 1.12 bits per heavy atom. The van der Waals surface area contributed by atoms with E-state index in [-0.39, 0.29) is 56.7 Å². The summed E-state index contributed by atoms with van der Waals surface area (Å²) >= 11 is 3.40. The second-order valence-electron chi connectivity index (χ2n) is 14.1. The molecule has 0 aliphatic carbocycles. The van der Waals surface area contributed by atoms with Crippen LogP contribution in [0.2, 0.25) is 0 Å². The SMILES string of the molecule is CC(C)(C)OC(=O)N1C(=O)CC[C@H]1Cc1ccc(-c2cccc(F)c2)cc1.CC(C)(C)OC(=O)N1C(=O)CC[C@H]1Cc1ccc(Br)cc1.S.S. The third kappa shape index (κ3) is 12.5. The van der Waals surface area contributed by atoms with Crippen molar-refractivity contribution in [2.24, 2.45) is 0 Å². The molecule has 5 rings (SSSR count). The second-order valence-corrected chi connectivity index (χ2v) is 15.0. The Morgan fingerprint density at radius 1 is 0.700 bits per heavy atom. The molecule has 0 saturated carbocycles. The van der Waals surface area contributed by atoms with E-state index in [0.29, 0.717) is 38.5 Å². The third-order valence-corrected chi connectivity index (χ3v) is 8.33. The lowest BCUT2D eigenvalue weighted by Gasteiger charge is -2.27. The van der Waals surface area contributed by atoms with E-state index >= 15 is 0 Å². The van der Waals surface area contributed by atoms with Crippen LogP contribution in [0.5, 0.6) is 0 Å². The molecule has 3 aromatic rings. The van der Waals surface area contributed by atoms with Crippen molar-refractivity contribution in [1.29, 1.82) is 0 Å². The van der Waals surface area contributed by atoms with Gasteiger partial charge in [0.1, 0.15) is 17.0 Å². The summed E-state index contributed by atoms with van der Waals surface area (Å²) in [5, 5.41) is 0. The smallest absolute Gasteiger partial charge is 0.417 e. The number of rotatable bonds is 5. The number of likely N-dealkylation sites (tertiary alicyclic amines) is 2. The Labute approximate surface area is 317 Å². The maximum atomic E-state index is 13.4. The van der Waals surface area contributed by atoms with Crippen LogP contribution in [0.3, 0.4) is 0 Å². The molecule has 8 nitrogen and oxygen atoms in total. The quantitative estimate of drug-likeness (QED) is 0.256. The average molecular weight is 792 g/mol. The molecule has 2 aliphatic rings. The highest BCUT2D eigenvalue weighted by Gasteiger charge is 2.39. The number of imide groups is 2. The van der Waals surface area contributed by atoms with Gasteiger partial charge in [-0.1, -0.05) is 64.5 Å². The minimum absolute atomic E-state index is 0. The molecule has 2 heterocycles. The van der Waals surface area contributed by atoms with Gasteiger partial charge in [0.25, 0.3) is 0 Å². The summed E-state index contributed by atoms with van der Waals surface area (Å²) in [5.74, 6) is -0.606. The average Bonchev–Trinajstić information content (AvgIpc) is 3.54. The number of benzene rings is 3. The van der Waals surface area contributed by atoms with Crippen molar-refractivity contribution in [2.45, 2.75) is 103 Å². The van der Waals surface area contributed by atoms with Gasteiger partial charge in [-0.2, -0.15) is 27.0 Å². The van der Waals surface area contributed by atoms with Crippen LogP contribution < -0.4 is 0 Å². The van der Waals surface area contributed by atoms with Crippen LogP contribution >= 0.6 is 42.9 Å². The van der Waals surface area contributed by atoms with Gasteiger partial charge in [0.2, 0.25) is 11.8 Å². The molecule has 0 spiro atoms. The summed E-state index contributed by atoms with van der Waals surface area (Å²) in [6.45, 7) is 10.8. The van der Waals surface area contributed by atoms with Crippen LogP contribution in [0.1, 0.15) is 78.4 Å². The normalized spacial score (nSPS) is 17.3. The summed E-state index contributed by atoms with van der Waals surface area (Å²) in [5.41, 5.74) is 2.62. The van der Waals surface area contributed by atoms with Crippen LogP contribution in [0.4, 0.5) is 14.0 Å². The van der Waals surface area contributed by atoms with E-state index in [1.165, 1.54) is 21.9 Å². The minimum Gasteiger partial charge on any atom is -0.443 e. The summed E-state index contributed by atoms with van der Waals surface area (Å²) in [4.78, 5) is 51.3. The van der Waals surface area contributed by atoms with Crippen LogP contribution in [0.15, 0.2) is 77.3 Å². The van der Waals surface area contributed by atoms with Gasteiger partial charge >= 0.3 is 12.2 Å². The third-order valence-electron chi connectivity index (χ3n) is 7.80. The Kier molecular flexibility index (Phi) is 15.6. The number of nitrogens with zero attached hydrogens (tertiary/aromatic N) is 2. The first-order chi connectivity index (χ1) is 22.5. The van der Waals surface area contributed by atoms with Crippen molar-refractivity contribution in [3.05, 3.63) is 94.2 Å². The Bertz CT molecular complexity index is 1620. The van der Waals surface area contributed by atoms with Crippen molar-refractivity contribution < 1.29 is 33.0 Å². The van der Waals surface area contributed by atoms with Crippen LogP contribution in [-0.2, 0) is 31.9 Å². The highest BCUT2D eigenvalue weighted by atomic mass is 79.9. The van der Waals surface area contributed by atoms with E-state index in [2.05, 4.69) is 15.9 Å². The molecule has 12 heteroatoms. The fraction of sp³-hybridized carbons (Fsp3) is 0.421. The van der Waals surface area contributed by atoms with Crippen molar-refractivity contribution in [1.82, 2.24) is 9.80 Å². The van der Waals surface area contributed by atoms with Crippen molar-refractivity contribution >= 4 is 66.9 Å². The first-order valence-corrected chi connectivity index (χ1v) is 17.0. The van der Waals surface area contributed by atoms with Gasteiger partial charge in [0.15, 0.2) is 0 Å². The molecular formula is C38H48BrFN2O6S2. The molecule has 2 atom stereocenters. The lowest BCUT2D eigenvalue weighted by Crippen LogP contribution is -2.43. The zero-order valence-electron chi connectivity index (χ0n) is 29.4. The summed E-state index contributed by atoms with van der Waals surface area (Å²) in [6, 6.07) is 21.8. The topological polar surface area (TPSA) is 93.2 Å². The van der Waals surface area contributed by atoms with Crippen molar-refractivity contribution in [3.8, 4) is 11.1 Å². The van der Waals surface area contributed by atoms with Gasteiger partial charge in [-0.25, -0.2) is 23.8 Å². The molecule has 50 heavy (non-hydrogen) atoms. The van der Waals surface area contributed by atoms with Gasteiger partial charge in [-0.15, -0.1) is 0 Å². The molecule has 0 bridgehead atoms. The van der Waals surface area contributed by atoms with E-state index < -0.39 is 23.4 Å². The van der Waals surface area contributed by atoms with E-state index in [1.54, 1.807) is 47.6 Å². The lowest BCUT2D eigenvalue weighted by atomic mass is 10.00. The van der Waals surface area contributed by atoms with E-state index in [0.717, 1.165) is 26.7 Å². The highest BCUT2D eigenvalue weighted by molar-refractivity contribution is 9.10. The van der Waals surface area contributed by atoms with Gasteiger partial charge in [-0.05, 0) is 114 Å². The van der Waals surface area contributed by atoms with Gasteiger partial charge in [0.05, 0.1) is 0 Å². The maximum Gasteiger partial charge on any atom is 0.417 e. The minimum atomic E-state index is -0.642. The monoisotopic (exact) mass is 790 g/mol. The van der Waals surface area contributed by atoms with Crippen LogP contribution in [0, 0.1) is 5.82 Å². The highest BCUT2D eigenvalue weighted by Crippen LogP contribution is 2.28. The van der Waals surface area contributed by atoms with Crippen LogP contribution in [-0.4, -0.2) is 57.1 Å². The number of hydrogen-bond acceptors (Lipinski definition) is 6. The number of carbonyl (C=O) groups is 4. The first kappa shape index (κ1) is 42.8. The molecule has 2 aliphatic heterocycles. The zero-order chi connectivity index (χ0) is 35.2. The number of halogens is 2. The standard InChI is InChI=1S/C22H24FNO3.C16H20BrNO3.2H2S/c1-22(2,3)27-21(26)24-19(11-12-20(24)25)13-15-7-9-16(10-8-15)17-5-4-6-18(23)14-17;1-16(2,3)21-15(20)18-13(8-9-14(18)19)10-11-4-6-12(17)7-5-11;;/h4-10,14,19H,11-13H2,1-3H3;4-7,13H,8-10H2,1-3H3;2*1H2/t19-;13-;;/m00../s1. The van der Waals surface area contributed by atoms with Gasteiger partial charge in [-0.3, -0.25) is 9.59 Å². The Morgan fingerprint density at radius 3 is 1.52 bits per heavy atom. The molecule has 272 valence electrons. The Balaban J connectivity index is 0.000000343. The zero-order valence-corrected chi connectivity index (χ0v) is 33.0. The molecule has 3 aromatic carbocycles. The largest absolute Gasteiger partial charge is 0.443 e.